The first kappa shape index (κ1) is 14.6. The molecular weight excluding hydrogens is 246 g/mol. The molecule has 2 heteroatoms. The number of anilines is 1. The van der Waals surface area contributed by atoms with Crippen molar-refractivity contribution in [1.82, 2.24) is 0 Å². The van der Waals surface area contributed by atoms with Crippen LogP contribution in [0, 0.1) is 6.92 Å². The minimum absolute atomic E-state index is 0.119. The summed E-state index contributed by atoms with van der Waals surface area (Å²) in [5.41, 5.74) is 3.30. The number of hydrogen-bond acceptors (Lipinski definition) is 2. The molecule has 0 radical (unpaired) electrons. The Morgan fingerprint density at radius 1 is 1.00 bits per heavy atom. The Morgan fingerprint density at radius 2 is 1.65 bits per heavy atom. The Kier molecular flexibility index (Phi) is 4.80. The van der Waals surface area contributed by atoms with Crippen LogP contribution in [-0.4, -0.2) is 17.3 Å². The van der Waals surface area contributed by atoms with Gasteiger partial charge in [-0.1, -0.05) is 48.0 Å². The zero-order valence-corrected chi connectivity index (χ0v) is 12.3. The largest absolute Gasteiger partial charge is 0.394 e. The number of nitrogens with one attached hydrogen (secondary N) is 1. The van der Waals surface area contributed by atoms with E-state index in [4.69, 9.17) is 0 Å². The minimum Gasteiger partial charge on any atom is -0.394 e. The smallest absolute Gasteiger partial charge is 0.0658 e. The topological polar surface area (TPSA) is 32.3 Å². The maximum Gasteiger partial charge on any atom is 0.0658 e. The van der Waals surface area contributed by atoms with Gasteiger partial charge in [0.05, 0.1) is 12.1 Å². The van der Waals surface area contributed by atoms with Crippen LogP contribution in [0.4, 0.5) is 5.69 Å². The molecule has 0 saturated carbocycles. The minimum atomic E-state index is -0.300. The summed E-state index contributed by atoms with van der Waals surface area (Å²) in [4.78, 5) is 0. The van der Waals surface area contributed by atoms with Gasteiger partial charge in [0, 0.05) is 5.69 Å². The Hall–Kier alpha value is -1.80. The summed E-state index contributed by atoms with van der Waals surface area (Å²) < 4.78 is 0. The summed E-state index contributed by atoms with van der Waals surface area (Å²) >= 11 is 0. The molecule has 0 fully saturated rings. The molecule has 2 rings (SSSR count). The van der Waals surface area contributed by atoms with Gasteiger partial charge in [0.25, 0.3) is 0 Å². The summed E-state index contributed by atoms with van der Waals surface area (Å²) in [6.07, 6.45) is 1.85. The molecule has 106 valence electrons. The second-order valence-electron chi connectivity index (χ2n) is 5.70. The van der Waals surface area contributed by atoms with Gasteiger partial charge in [0.1, 0.15) is 0 Å². The third-order valence-electron chi connectivity index (χ3n) is 3.65. The van der Waals surface area contributed by atoms with Crippen molar-refractivity contribution in [3.05, 3.63) is 65.7 Å². The van der Waals surface area contributed by atoms with Crippen molar-refractivity contribution < 1.29 is 5.11 Å². The molecule has 2 N–H and O–H groups in total. The van der Waals surface area contributed by atoms with Crippen molar-refractivity contribution in [2.45, 2.75) is 32.2 Å². The van der Waals surface area contributed by atoms with E-state index in [1.807, 2.05) is 6.07 Å². The zero-order valence-electron chi connectivity index (χ0n) is 12.3. The van der Waals surface area contributed by atoms with Crippen molar-refractivity contribution in [2.75, 3.05) is 11.9 Å². The van der Waals surface area contributed by atoms with Gasteiger partial charge in [-0.2, -0.15) is 0 Å². The molecule has 20 heavy (non-hydrogen) atoms. The van der Waals surface area contributed by atoms with Crippen molar-refractivity contribution in [2.24, 2.45) is 0 Å². The summed E-state index contributed by atoms with van der Waals surface area (Å²) in [6.45, 7) is 4.26. The average molecular weight is 269 g/mol. The Bertz CT molecular complexity index is 521. The SMILES string of the molecule is Cc1ccc(NC(C)(CO)CCc2ccccc2)cc1. The highest BCUT2D eigenvalue weighted by molar-refractivity contribution is 5.46. The quantitative estimate of drug-likeness (QED) is 0.836. The second-order valence-corrected chi connectivity index (χ2v) is 5.70. The first-order valence-corrected chi connectivity index (χ1v) is 7.11. The number of benzene rings is 2. The van der Waals surface area contributed by atoms with E-state index in [0.717, 1.165) is 18.5 Å². The number of aliphatic hydroxyl groups is 1. The van der Waals surface area contributed by atoms with Crippen molar-refractivity contribution >= 4 is 5.69 Å². The van der Waals surface area contributed by atoms with Crippen molar-refractivity contribution in [3.63, 3.8) is 0 Å². The van der Waals surface area contributed by atoms with Crippen LogP contribution in [-0.2, 0) is 6.42 Å². The molecule has 2 nitrogen and oxygen atoms in total. The molecular formula is C18H23NO. The van der Waals surface area contributed by atoms with E-state index in [9.17, 15) is 5.11 Å². The Labute approximate surface area is 121 Å². The summed E-state index contributed by atoms with van der Waals surface area (Å²) in [7, 11) is 0. The molecule has 0 bridgehead atoms. The van der Waals surface area contributed by atoms with E-state index in [2.05, 4.69) is 67.7 Å². The zero-order chi connectivity index (χ0) is 14.4. The van der Waals surface area contributed by atoms with Gasteiger partial charge in [-0.05, 0) is 44.4 Å². The fourth-order valence-corrected chi connectivity index (χ4v) is 2.23. The average Bonchev–Trinajstić information content (AvgIpc) is 2.49. The number of rotatable bonds is 6. The van der Waals surface area contributed by atoms with E-state index in [0.29, 0.717) is 0 Å². The molecule has 0 aliphatic carbocycles. The van der Waals surface area contributed by atoms with Gasteiger partial charge in [-0.15, -0.1) is 0 Å². The maximum absolute atomic E-state index is 9.72. The standard InChI is InChI=1S/C18H23NO/c1-15-8-10-17(11-9-15)19-18(2,14-20)13-12-16-6-4-3-5-7-16/h3-11,19-20H,12-14H2,1-2H3. The van der Waals surface area contributed by atoms with Crippen LogP contribution < -0.4 is 5.32 Å². The number of hydrogen-bond donors (Lipinski definition) is 2. The second kappa shape index (κ2) is 6.58. The highest BCUT2D eigenvalue weighted by Gasteiger charge is 2.22. The summed E-state index contributed by atoms with van der Waals surface area (Å²) in [5.74, 6) is 0. The molecule has 0 heterocycles. The fraction of sp³-hybridized carbons (Fsp3) is 0.333. The number of aryl methyl sites for hydroxylation is 2. The normalized spacial score (nSPS) is 13.8. The lowest BCUT2D eigenvalue weighted by Crippen LogP contribution is -2.39. The highest BCUT2D eigenvalue weighted by Crippen LogP contribution is 2.21. The molecule has 0 spiro atoms. The van der Waals surface area contributed by atoms with Gasteiger partial charge in [-0.3, -0.25) is 0 Å². The monoisotopic (exact) mass is 269 g/mol. The van der Waals surface area contributed by atoms with Gasteiger partial charge >= 0.3 is 0 Å². The van der Waals surface area contributed by atoms with Gasteiger partial charge in [0.2, 0.25) is 0 Å². The molecule has 0 saturated heterocycles. The van der Waals surface area contributed by atoms with E-state index in [-0.39, 0.29) is 12.1 Å². The molecule has 1 unspecified atom stereocenters. The van der Waals surface area contributed by atoms with Crippen LogP contribution in [0.15, 0.2) is 54.6 Å². The van der Waals surface area contributed by atoms with Crippen LogP contribution in [0.5, 0.6) is 0 Å². The first-order valence-electron chi connectivity index (χ1n) is 7.11. The molecule has 0 aliphatic heterocycles. The van der Waals surface area contributed by atoms with Crippen LogP contribution in [0.1, 0.15) is 24.5 Å². The lowest BCUT2D eigenvalue weighted by Gasteiger charge is -2.30. The Morgan fingerprint density at radius 3 is 2.25 bits per heavy atom. The molecule has 1 atom stereocenters. The maximum atomic E-state index is 9.72. The molecule has 0 amide bonds. The van der Waals surface area contributed by atoms with Crippen molar-refractivity contribution in [3.8, 4) is 0 Å². The first-order chi connectivity index (χ1) is 9.61. The van der Waals surface area contributed by atoms with E-state index in [1.54, 1.807) is 0 Å². The molecule has 0 aliphatic rings. The number of aliphatic hydroxyl groups excluding tert-OH is 1. The molecule has 0 aromatic heterocycles. The fourth-order valence-electron chi connectivity index (χ4n) is 2.23. The van der Waals surface area contributed by atoms with Gasteiger partial charge < -0.3 is 10.4 Å². The van der Waals surface area contributed by atoms with Gasteiger partial charge in [0.15, 0.2) is 0 Å². The van der Waals surface area contributed by atoms with E-state index in [1.165, 1.54) is 11.1 Å². The summed E-state index contributed by atoms with van der Waals surface area (Å²) in [5, 5.41) is 13.2. The third kappa shape index (κ3) is 4.10. The van der Waals surface area contributed by atoms with Crippen molar-refractivity contribution in [1.29, 1.82) is 0 Å². The lowest BCUT2D eigenvalue weighted by molar-refractivity contribution is 0.215. The predicted molar refractivity (Wildman–Crippen MR) is 85.1 cm³/mol. The Balaban J connectivity index is 1.99. The van der Waals surface area contributed by atoms with Crippen LogP contribution in [0.3, 0.4) is 0 Å². The van der Waals surface area contributed by atoms with E-state index >= 15 is 0 Å². The molecule has 2 aromatic rings. The lowest BCUT2D eigenvalue weighted by atomic mass is 9.93. The van der Waals surface area contributed by atoms with Crippen LogP contribution in [0.25, 0.3) is 0 Å². The predicted octanol–water partition coefficient (Wildman–Crippen LogP) is 3.79. The molecule has 2 aromatic carbocycles. The third-order valence-corrected chi connectivity index (χ3v) is 3.65. The van der Waals surface area contributed by atoms with E-state index < -0.39 is 0 Å². The summed E-state index contributed by atoms with van der Waals surface area (Å²) in [6, 6.07) is 18.7. The van der Waals surface area contributed by atoms with Gasteiger partial charge in [-0.25, -0.2) is 0 Å². The highest BCUT2D eigenvalue weighted by atomic mass is 16.3. The van der Waals surface area contributed by atoms with Crippen LogP contribution in [0.2, 0.25) is 0 Å². The van der Waals surface area contributed by atoms with Crippen LogP contribution >= 0.6 is 0 Å².